The van der Waals surface area contributed by atoms with Gasteiger partial charge in [-0.15, -0.1) is 0 Å². The van der Waals surface area contributed by atoms with Crippen molar-refractivity contribution in [2.45, 2.75) is 6.10 Å². The molecule has 2 aromatic heterocycles. The van der Waals surface area contributed by atoms with Crippen molar-refractivity contribution >= 4 is 11.0 Å². The number of rotatable bonds is 2. The molecule has 0 bridgehead atoms. The van der Waals surface area contributed by atoms with Crippen molar-refractivity contribution in [3.8, 4) is 0 Å². The molecule has 19 heavy (non-hydrogen) atoms. The number of hydrogen-bond acceptors (Lipinski definition) is 4. The lowest BCUT2D eigenvalue weighted by molar-refractivity contribution is 0.214. The zero-order valence-corrected chi connectivity index (χ0v) is 9.86. The van der Waals surface area contributed by atoms with E-state index in [1.54, 1.807) is 0 Å². The molecule has 0 saturated heterocycles. The lowest BCUT2D eigenvalue weighted by Gasteiger charge is -2.10. The lowest BCUT2D eigenvalue weighted by Crippen LogP contribution is -2.04. The van der Waals surface area contributed by atoms with Gasteiger partial charge in [-0.05, 0) is 18.2 Å². The molecule has 1 atom stereocenters. The van der Waals surface area contributed by atoms with Crippen LogP contribution in [-0.2, 0) is 0 Å². The Morgan fingerprint density at radius 3 is 2.63 bits per heavy atom. The maximum Gasteiger partial charge on any atom is 0.141 e. The van der Waals surface area contributed by atoms with E-state index in [9.17, 15) is 9.50 Å². The van der Waals surface area contributed by atoms with E-state index in [0.717, 1.165) is 11.7 Å². The lowest BCUT2D eigenvalue weighted by atomic mass is 10.1. The molecule has 0 fully saturated rings. The van der Waals surface area contributed by atoms with Gasteiger partial charge in [0, 0.05) is 11.8 Å². The van der Waals surface area contributed by atoms with Gasteiger partial charge in [0.15, 0.2) is 0 Å². The first kappa shape index (κ1) is 11.7. The highest BCUT2D eigenvalue weighted by molar-refractivity contribution is 5.73. The predicted octanol–water partition coefficient (Wildman–Crippen LogP) is 2.25. The molecule has 0 aliphatic carbocycles. The van der Waals surface area contributed by atoms with Gasteiger partial charge in [0.1, 0.15) is 11.9 Å². The molecule has 0 spiro atoms. The van der Waals surface area contributed by atoms with Gasteiger partial charge in [0.25, 0.3) is 0 Å². The van der Waals surface area contributed by atoms with E-state index < -0.39 is 11.9 Å². The van der Waals surface area contributed by atoms with Crippen LogP contribution in [0.4, 0.5) is 4.39 Å². The van der Waals surface area contributed by atoms with Gasteiger partial charge in [-0.3, -0.25) is 9.97 Å². The molecule has 0 saturated carbocycles. The topological polar surface area (TPSA) is 58.9 Å². The van der Waals surface area contributed by atoms with Crippen LogP contribution in [0.25, 0.3) is 11.0 Å². The average Bonchev–Trinajstić information content (AvgIpc) is 2.46. The minimum Gasteiger partial charge on any atom is -0.382 e. The van der Waals surface area contributed by atoms with Gasteiger partial charge >= 0.3 is 0 Å². The van der Waals surface area contributed by atoms with E-state index in [1.165, 1.54) is 18.5 Å². The number of aliphatic hydroxyl groups is 1. The zero-order valence-electron chi connectivity index (χ0n) is 9.86. The molecule has 0 aliphatic heterocycles. The number of pyridine rings is 1. The van der Waals surface area contributed by atoms with Crippen molar-refractivity contribution in [1.82, 2.24) is 15.0 Å². The number of para-hydroxylation sites is 2. The monoisotopic (exact) mass is 255 g/mol. The number of fused-ring (bicyclic) bond motifs is 1. The van der Waals surface area contributed by atoms with E-state index >= 15 is 0 Å². The largest absolute Gasteiger partial charge is 0.382 e. The summed E-state index contributed by atoms with van der Waals surface area (Å²) in [6.45, 7) is 0. The summed E-state index contributed by atoms with van der Waals surface area (Å²) in [5.41, 5.74) is 2.15. The Bertz CT molecular complexity index is 732. The fraction of sp³-hybridized carbons (Fsp3) is 0.0714. The number of nitrogens with zero attached hydrogens (tertiary/aromatic N) is 3. The van der Waals surface area contributed by atoms with Crippen LogP contribution in [0.3, 0.4) is 0 Å². The summed E-state index contributed by atoms with van der Waals surface area (Å²) in [5, 5.41) is 10.2. The molecule has 0 amide bonds. The van der Waals surface area contributed by atoms with Crippen molar-refractivity contribution in [1.29, 1.82) is 0 Å². The highest BCUT2D eigenvalue weighted by Crippen LogP contribution is 2.21. The molecule has 5 heteroatoms. The summed E-state index contributed by atoms with van der Waals surface area (Å²) < 4.78 is 13.1. The highest BCUT2D eigenvalue weighted by Gasteiger charge is 2.14. The Balaban J connectivity index is 2.04. The van der Waals surface area contributed by atoms with E-state index in [1.807, 2.05) is 24.3 Å². The average molecular weight is 255 g/mol. The Morgan fingerprint density at radius 2 is 1.84 bits per heavy atom. The summed E-state index contributed by atoms with van der Waals surface area (Å²) in [5.74, 6) is -0.495. The van der Waals surface area contributed by atoms with E-state index in [0.29, 0.717) is 16.8 Å². The van der Waals surface area contributed by atoms with E-state index in [4.69, 9.17) is 0 Å². The second-order valence-corrected chi connectivity index (χ2v) is 4.12. The van der Waals surface area contributed by atoms with Gasteiger partial charge in [-0.2, -0.15) is 0 Å². The molecular weight excluding hydrogens is 245 g/mol. The molecule has 0 aliphatic rings. The van der Waals surface area contributed by atoms with Gasteiger partial charge < -0.3 is 5.11 Å². The van der Waals surface area contributed by atoms with Gasteiger partial charge in [0.05, 0.1) is 29.1 Å². The van der Waals surface area contributed by atoms with Crippen LogP contribution in [0.15, 0.2) is 48.9 Å². The van der Waals surface area contributed by atoms with Crippen LogP contribution in [0.5, 0.6) is 0 Å². The molecular formula is C14H10FN3O. The molecule has 1 unspecified atom stereocenters. The maximum absolute atomic E-state index is 13.1. The van der Waals surface area contributed by atoms with Gasteiger partial charge in [-0.25, -0.2) is 9.37 Å². The number of halogens is 1. The number of hydrogen-bond donors (Lipinski definition) is 1. The van der Waals surface area contributed by atoms with Crippen LogP contribution in [0.2, 0.25) is 0 Å². The standard InChI is InChI=1S/C14H10FN3O/c15-10-5-9(6-16-7-10)14(19)13-8-17-11-3-1-2-4-12(11)18-13/h1-8,14,19H. The van der Waals surface area contributed by atoms with Crippen LogP contribution in [0, 0.1) is 5.82 Å². The van der Waals surface area contributed by atoms with Crippen molar-refractivity contribution in [2.75, 3.05) is 0 Å². The smallest absolute Gasteiger partial charge is 0.141 e. The summed E-state index contributed by atoms with van der Waals surface area (Å²) in [6, 6.07) is 8.58. The van der Waals surface area contributed by atoms with Gasteiger partial charge in [0.2, 0.25) is 0 Å². The molecule has 4 nitrogen and oxygen atoms in total. The predicted molar refractivity (Wildman–Crippen MR) is 67.8 cm³/mol. The molecule has 2 heterocycles. The van der Waals surface area contributed by atoms with Crippen LogP contribution < -0.4 is 0 Å². The second-order valence-electron chi connectivity index (χ2n) is 4.12. The quantitative estimate of drug-likeness (QED) is 0.763. The number of aliphatic hydroxyl groups excluding tert-OH is 1. The Labute approximate surface area is 108 Å². The zero-order chi connectivity index (χ0) is 13.2. The van der Waals surface area contributed by atoms with Crippen molar-refractivity contribution in [3.63, 3.8) is 0 Å². The molecule has 1 aromatic carbocycles. The van der Waals surface area contributed by atoms with Crippen LogP contribution in [0.1, 0.15) is 17.4 Å². The van der Waals surface area contributed by atoms with E-state index in [2.05, 4.69) is 15.0 Å². The number of aromatic nitrogens is 3. The Kier molecular flexibility index (Phi) is 2.89. The minimum atomic E-state index is -1.04. The first-order chi connectivity index (χ1) is 9.24. The summed E-state index contributed by atoms with van der Waals surface area (Å²) in [6.07, 6.45) is 2.94. The maximum atomic E-state index is 13.1. The fourth-order valence-corrected chi connectivity index (χ4v) is 1.85. The molecule has 94 valence electrons. The molecule has 3 rings (SSSR count). The summed E-state index contributed by atoms with van der Waals surface area (Å²) in [7, 11) is 0. The Hall–Kier alpha value is -2.40. The molecule has 3 aromatic rings. The molecule has 0 radical (unpaired) electrons. The summed E-state index contributed by atoms with van der Waals surface area (Å²) in [4.78, 5) is 12.2. The highest BCUT2D eigenvalue weighted by atomic mass is 19.1. The SMILES string of the molecule is OC(c1cncc(F)c1)c1cnc2ccccc2n1. The third-order valence-electron chi connectivity index (χ3n) is 2.79. The number of benzene rings is 1. The van der Waals surface area contributed by atoms with Crippen molar-refractivity contribution in [2.24, 2.45) is 0 Å². The third kappa shape index (κ3) is 2.28. The first-order valence-corrected chi connectivity index (χ1v) is 5.74. The fourth-order valence-electron chi connectivity index (χ4n) is 1.85. The summed E-state index contributed by atoms with van der Waals surface area (Å²) >= 11 is 0. The van der Waals surface area contributed by atoms with Crippen LogP contribution >= 0.6 is 0 Å². The van der Waals surface area contributed by atoms with Crippen LogP contribution in [-0.4, -0.2) is 20.1 Å². The second kappa shape index (κ2) is 4.70. The molecule has 1 N–H and O–H groups in total. The Morgan fingerprint density at radius 1 is 1.05 bits per heavy atom. The van der Waals surface area contributed by atoms with Crippen molar-refractivity contribution in [3.05, 3.63) is 66.0 Å². The van der Waals surface area contributed by atoms with Crippen molar-refractivity contribution < 1.29 is 9.50 Å². The van der Waals surface area contributed by atoms with E-state index in [-0.39, 0.29) is 0 Å². The minimum absolute atomic E-state index is 0.351. The first-order valence-electron chi connectivity index (χ1n) is 5.74. The van der Waals surface area contributed by atoms with Gasteiger partial charge in [-0.1, -0.05) is 12.1 Å². The normalized spacial score (nSPS) is 12.5. The third-order valence-corrected chi connectivity index (χ3v) is 2.79.